The quantitative estimate of drug-likeness (QED) is 0.784. The van der Waals surface area contributed by atoms with Crippen LogP contribution in [0.2, 0.25) is 0 Å². The van der Waals surface area contributed by atoms with E-state index in [0.29, 0.717) is 22.6 Å². The standard InChI is InChI=1S/C12H8N2O2/c1-2-7-6-9-11-8(12(15)14-13-9)4-3-5-10(11)16-7/h2-6H,1H2,(H,14,15). The van der Waals surface area contributed by atoms with E-state index >= 15 is 0 Å². The summed E-state index contributed by atoms with van der Waals surface area (Å²) in [4.78, 5) is 11.6. The predicted octanol–water partition coefficient (Wildman–Crippen LogP) is 1.84. The van der Waals surface area contributed by atoms with Gasteiger partial charge in [-0.2, -0.15) is 5.10 Å². The van der Waals surface area contributed by atoms with Gasteiger partial charge in [0.05, 0.1) is 16.5 Å². The van der Waals surface area contributed by atoms with Crippen molar-refractivity contribution in [2.45, 2.75) is 0 Å². The van der Waals surface area contributed by atoms with Crippen molar-refractivity contribution in [1.29, 1.82) is 0 Å². The van der Waals surface area contributed by atoms with Crippen LogP contribution in [-0.4, -0.2) is 10.2 Å². The lowest BCUT2D eigenvalue weighted by molar-refractivity contribution is 0.451. The SMILES string of the molecule is C=CC1=Cc2n[nH]c(=O)c3cccc(c23)O1. The molecule has 4 nitrogen and oxygen atoms in total. The highest BCUT2D eigenvalue weighted by Gasteiger charge is 2.15. The Bertz CT molecular complexity index is 683. The highest BCUT2D eigenvalue weighted by atomic mass is 16.5. The molecule has 0 saturated heterocycles. The van der Waals surface area contributed by atoms with Crippen LogP contribution in [0.5, 0.6) is 5.75 Å². The first-order valence-electron chi connectivity index (χ1n) is 4.83. The fourth-order valence-corrected chi connectivity index (χ4v) is 1.79. The van der Waals surface area contributed by atoms with Crippen LogP contribution in [0.4, 0.5) is 0 Å². The molecule has 0 aliphatic carbocycles. The van der Waals surface area contributed by atoms with Gasteiger partial charge in [0.15, 0.2) is 0 Å². The Labute approximate surface area is 90.9 Å². The average molecular weight is 212 g/mol. The normalized spacial score (nSPS) is 13.1. The summed E-state index contributed by atoms with van der Waals surface area (Å²) in [6.45, 7) is 3.65. The van der Waals surface area contributed by atoms with E-state index in [-0.39, 0.29) is 5.56 Å². The predicted molar refractivity (Wildman–Crippen MR) is 61.2 cm³/mol. The van der Waals surface area contributed by atoms with Crippen molar-refractivity contribution in [2.24, 2.45) is 0 Å². The van der Waals surface area contributed by atoms with Gasteiger partial charge in [-0.25, -0.2) is 5.10 Å². The van der Waals surface area contributed by atoms with Crippen LogP contribution in [-0.2, 0) is 0 Å². The number of allylic oxidation sites excluding steroid dienone is 1. The summed E-state index contributed by atoms with van der Waals surface area (Å²) in [5.41, 5.74) is 0.492. The lowest BCUT2D eigenvalue weighted by Gasteiger charge is -2.15. The van der Waals surface area contributed by atoms with Gasteiger partial charge in [-0.1, -0.05) is 12.6 Å². The molecule has 2 heterocycles. The van der Waals surface area contributed by atoms with Crippen molar-refractivity contribution in [1.82, 2.24) is 10.2 Å². The molecule has 1 aliphatic rings. The molecule has 0 amide bonds. The van der Waals surface area contributed by atoms with Gasteiger partial charge in [0, 0.05) is 6.08 Å². The number of aromatic amines is 1. The average Bonchev–Trinajstić information content (AvgIpc) is 2.33. The second-order valence-electron chi connectivity index (χ2n) is 3.47. The number of aromatic nitrogens is 2. The number of rotatable bonds is 1. The Kier molecular flexibility index (Phi) is 1.71. The molecule has 1 N–H and O–H groups in total. The van der Waals surface area contributed by atoms with E-state index in [2.05, 4.69) is 16.8 Å². The van der Waals surface area contributed by atoms with E-state index in [1.54, 1.807) is 24.3 Å². The molecule has 0 bridgehead atoms. The summed E-state index contributed by atoms with van der Waals surface area (Å²) in [5, 5.41) is 7.79. The Morgan fingerprint density at radius 2 is 2.31 bits per heavy atom. The third-order valence-electron chi connectivity index (χ3n) is 2.51. The van der Waals surface area contributed by atoms with E-state index in [4.69, 9.17) is 4.74 Å². The molecule has 2 aromatic rings. The minimum absolute atomic E-state index is 0.209. The molecule has 0 atom stereocenters. The molecular formula is C12H8N2O2. The van der Waals surface area contributed by atoms with E-state index < -0.39 is 0 Å². The minimum Gasteiger partial charge on any atom is -0.457 e. The number of H-pyrrole nitrogens is 1. The van der Waals surface area contributed by atoms with Crippen LogP contribution in [0.25, 0.3) is 16.8 Å². The van der Waals surface area contributed by atoms with Crippen LogP contribution in [0, 0.1) is 0 Å². The zero-order valence-electron chi connectivity index (χ0n) is 8.36. The van der Waals surface area contributed by atoms with E-state index in [9.17, 15) is 4.79 Å². The molecule has 16 heavy (non-hydrogen) atoms. The Balaban J connectivity index is 2.49. The van der Waals surface area contributed by atoms with Gasteiger partial charge in [0.25, 0.3) is 5.56 Å². The first-order chi connectivity index (χ1) is 7.79. The van der Waals surface area contributed by atoms with Crippen molar-refractivity contribution in [2.75, 3.05) is 0 Å². The largest absolute Gasteiger partial charge is 0.457 e. The Morgan fingerprint density at radius 3 is 3.12 bits per heavy atom. The molecule has 1 aromatic heterocycles. The molecule has 78 valence electrons. The summed E-state index contributed by atoms with van der Waals surface area (Å²) in [5.74, 6) is 1.27. The molecule has 1 aliphatic heterocycles. The van der Waals surface area contributed by atoms with Gasteiger partial charge in [-0.05, 0) is 18.2 Å². The molecule has 0 saturated carbocycles. The molecule has 0 unspecified atom stereocenters. The molecule has 0 spiro atoms. The van der Waals surface area contributed by atoms with Crippen LogP contribution in [0.3, 0.4) is 0 Å². The van der Waals surface area contributed by atoms with E-state index in [1.807, 2.05) is 6.07 Å². The first kappa shape index (κ1) is 8.91. The van der Waals surface area contributed by atoms with Gasteiger partial charge >= 0.3 is 0 Å². The lowest BCUT2D eigenvalue weighted by Crippen LogP contribution is -2.12. The topological polar surface area (TPSA) is 55.0 Å². The van der Waals surface area contributed by atoms with E-state index in [0.717, 1.165) is 5.39 Å². The fraction of sp³-hybridized carbons (Fsp3) is 0. The van der Waals surface area contributed by atoms with Crippen LogP contribution < -0.4 is 10.3 Å². The highest BCUT2D eigenvalue weighted by molar-refractivity contribution is 5.95. The molecular weight excluding hydrogens is 204 g/mol. The van der Waals surface area contributed by atoms with Crippen molar-refractivity contribution < 1.29 is 4.74 Å². The van der Waals surface area contributed by atoms with Gasteiger partial charge < -0.3 is 4.74 Å². The summed E-state index contributed by atoms with van der Waals surface area (Å²) in [6.07, 6.45) is 3.35. The Morgan fingerprint density at radius 1 is 1.44 bits per heavy atom. The number of hydrogen-bond donors (Lipinski definition) is 1. The Hall–Kier alpha value is -2.36. The van der Waals surface area contributed by atoms with Gasteiger partial charge in [-0.3, -0.25) is 4.79 Å². The summed E-state index contributed by atoms with van der Waals surface area (Å²) < 4.78 is 5.56. The zero-order valence-corrected chi connectivity index (χ0v) is 8.36. The highest BCUT2D eigenvalue weighted by Crippen LogP contribution is 2.32. The number of hydrogen-bond acceptors (Lipinski definition) is 3. The third kappa shape index (κ3) is 1.10. The maximum atomic E-state index is 11.6. The van der Waals surface area contributed by atoms with Crippen molar-refractivity contribution in [3.8, 4) is 5.75 Å². The van der Waals surface area contributed by atoms with Crippen molar-refractivity contribution >= 4 is 16.8 Å². The molecule has 1 aromatic carbocycles. The van der Waals surface area contributed by atoms with Gasteiger partial charge in [-0.15, -0.1) is 0 Å². The van der Waals surface area contributed by atoms with Crippen molar-refractivity contribution in [3.05, 3.63) is 52.7 Å². The van der Waals surface area contributed by atoms with E-state index in [1.165, 1.54) is 0 Å². The summed E-state index contributed by atoms with van der Waals surface area (Å²) in [7, 11) is 0. The maximum Gasteiger partial charge on any atom is 0.272 e. The fourth-order valence-electron chi connectivity index (χ4n) is 1.79. The van der Waals surface area contributed by atoms with Crippen LogP contribution in [0.15, 0.2) is 41.4 Å². The summed E-state index contributed by atoms with van der Waals surface area (Å²) in [6, 6.07) is 5.34. The van der Waals surface area contributed by atoms with Gasteiger partial charge in [0.2, 0.25) is 0 Å². The smallest absolute Gasteiger partial charge is 0.272 e. The molecule has 4 heteroatoms. The third-order valence-corrected chi connectivity index (χ3v) is 2.51. The molecule has 0 fully saturated rings. The lowest BCUT2D eigenvalue weighted by atomic mass is 10.1. The van der Waals surface area contributed by atoms with Crippen LogP contribution in [0.1, 0.15) is 5.69 Å². The second kappa shape index (κ2) is 3.06. The van der Waals surface area contributed by atoms with Crippen LogP contribution >= 0.6 is 0 Å². The van der Waals surface area contributed by atoms with Crippen molar-refractivity contribution in [3.63, 3.8) is 0 Å². The number of nitrogens with zero attached hydrogens (tertiary/aromatic N) is 1. The summed E-state index contributed by atoms with van der Waals surface area (Å²) >= 11 is 0. The monoisotopic (exact) mass is 212 g/mol. The zero-order chi connectivity index (χ0) is 11.1. The first-order valence-corrected chi connectivity index (χ1v) is 4.83. The second-order valence-corrected chi connectivity index (χ2v) is 3.47. The molecule has 0 radical (unpaired) electrons. The minimum atomic E-state index is -0.209. The number of benzene rings is 1. The van der Waals surface area contributed by atoms with Gasteiger partial charge in [0.1, 0.15) is 11.5 Å². The number of nitrogens with one attached hydrogen (secondary N) is 1. The maximum absolute atomic E-state index is 11.6. The molecule has 3 rings (SSSR count). The number of ether oxygens (including phenoxy) is 1.